The van der Waals surface area contributed by atoms with Gasteiger partial charge in [0.25, 0.3) is 5.91 Å². The molecule has 0 bridgehead atoms. The van der Waals surface area contributed by atoms with Gasteiger partial charge in [-0.2, -0.15) is 0 Å². The number of aliphatic hydroxyl groups excluding tert-OH is 1. The summed E-state index contributed by atoms with van der Waals surface area (Å²) in [7, 11) is 0. The van der Waals surface area contributed by atoms with Crippen LogP contribution in [0.5, 0.6) is 0 Å². The van der Waals surface area contributed by atoms with Crippen LogP contribution >= 0.6 is 11.3 Å². The quantitative estimate of drug-likeness (QED) is 0.581. The number of aliphatic hydroxyl groups is 1. The monoisotopic (exact) mass is 389 g/mol. The first-order valence-corrected chi connectivity index (χ1v) is 10.2. The molecule has 0 saturated carbocycles. The van der Waals surface area contributed by atoms with Crippen LogP contribution in [0.4, 0.5) is 0 Å². The second kappa shape index (κ2) is 8.82. The van der Waals surface area contributed by atoms with Gasteiger partial charge in [0, 0.05) is 30.3 Å². The van der Waals surface area contributed by atoms with Crippen LogP contribution in [0, 0.1) is 11.8 Å². The Hall–Kier alpha value is -1.96. The summed E-state index contributed by atoms with van der Waals surface area (Å²) in [4.78, 5) is 26.0. The number of β-amino-alcohol motifs (C(OH)–C–C–N with tert-alkyl or cyclic N) is 1. The molecule has 6 nitrogen and oxygen atoms in total. The summed E-state index contributed by atoms with van der Waals surface area (Å²) in [6.07, 6.45) is 0.121. The Morgan fingerprint density at radius 3 is 2.74 bits per heavy atom. The SMILES string of the molecule is CC(C)C[C@H](NC(=O)c1cc2ccccc2s1)C(=O)NC[C@H]1CNC[C@H]1O. The van der Waals surface area contributed by atoms with Gasteiger partial charge in [0.05, 0.1) is 11.0 Å². The van der Waals surface area contributed by atoms with Gasteiger partial charge in [0.1, 0.15) is 6.04 Å². The van der Waals surface area contributed by atoms with Crippen molar-refractivity contribution in [3.63, 3.8) is 0 Å². The molecule has 0 unspecified atom stereocenters. The molecule has 3 rings (SSSR count). The zero-order valence-corrected chi connectivity index (χ0v) is 16.5. The van der Waals surface area contributed by atoms with Gasteiger partial charge in [-0.1, -0.05) is 32.0 Å². The summed E-state index contributed by atoms with van der Waals surface area (Å²) in [6, 6.07) is 9.12. The highest BCUT2D eigenvalue weighted by atomic mass is 32.1. The predicted octanol–water partition coefficient (Wildman–Crippen LogP) is 1.74. The Balaban J connectivity index is 1.64. The van der Waals surface area contributed by atoms with Gasteiger partial charge in [-0.25, -0.2) is 0 Å². The minimum absolute atomic E-state index is 0.00643. The van der Waals surface area contributed by atoms with E-state index >= 15 is 0 Å². The summed E-state index contributed by atoms with van der Waals surface area (Å²) in [5.41, 5.74) is 0. The molecule has 4 N–H and O–H groups in total. The fourth-order valence-corrected chi connectivity index (χ4v) is 4.27. The van der Waals surface area contributed by atoms with Crippen LogP contribution in [0.1, 0.15) is 29.9 Å². The van der Waals surface area contributed by atoms with Crippen LogP contribution in [-0.4, -0.2) is 48.7 Å². The Morgan fingerprint density at radius 1 is 1.30 bits per heavy atom. The van der Waals surface area contributed by atoms with E-state index in [1.54, 1.807) is 0 Å². The Kier molecular flexibility index (Phi) is 6.46. The number of carbonyl (C=O) groups is 2. The van der Waals surface area contributed by atoms with E-state index in [0.29, 0.717) is 30.9 Å². The molecule has 7 heteroatoms. The summed E-state index contributed by atoms with van der Waals surface area (Å²) < 4.78 is 1.05. The van der Waals surface area contributed by atoms with E-state index in [-0.39, 0.29) is 23.7 Å². The number of rotatable bonds is 7. The zero-order chi connectivity index (χ0) is 19.4. The lowest BCUT2D eigenvalue weighted by Crippen LogP contribution is -2.49. The average molecular weight is 390 g/mol. The molecule has 1 aromatic heterocycles. The lowest BCUT2D eigenvalue weighted by molar-refractivity contribution is -0.123. The molecule has 1 aromatic carbocycles. The molecule has 2 aromatic rings. The van der Waals surface area contributed by atoms with Crippen molar-refractivity contribution in [1.29, 1.82) is 0 Å². The van der Waals surface area contributed by atoms with Crippen LogP contribution in [0.15, 0.2) is 30.3 Å². The van der Waals surface area contributed by atoms with Crippen LogP contribution < -0.4 is 16.0 Å². The summed E-state index contributed by atoms with van der Waals surface area (Å²) in [5.74, 6) is -0.147. The van der Waals surface area contributed by atoms with Gasteiger partial charge < -0.3 is 21.1 Å². The van der Waals surface area contributed by atoms with Crippen molar-refractivity contribution in [2.45, 2.75) is 32.4 Å². The van der Waals surface area contributed by atoms with E-state index in [2.05, 4.69) is 16.0 Å². The van der Waals surface area contributed by atoms with Crippen LogP contribution in [0.3, 0.4) is 0 Å². The molecular weight excluding hydrogens is 362 g/mol. The van der Waals surface area contributed by atoms with Crippen molar-refractivity contribution in [3.8, 4) is 0 Å². The maximum Gasteiger partial charge on any atom is 0.262 e. The van der Waals surface area contributed by atoms with Crippen molar-refractivity contribution >= 4 is 33.2 Å². The van der Waals surface area contributed by atoms with Gasteiger partial charge in [-0.3, -0.25) is 9.59 Å². The lowest BCUT2D eigenvalue weighted by atomic mass is 10.0. The Morgan fingerprint density at radius 2 is 2.07 bits per heavy atom. The first-order valence-electron chi connectivity index (χ1n) is 9.40. The second-order valence-corrected chi connectivity index (χ2v) is 8.62. The number of carbonyl (C=O) groups excluding carboxylic acids is 2. The third-order valence-electron chi connectivity index (χ3n) is 4.82. The number of amides is 2. The average Bonchev–Trinajstić information content (AvgIpc) is 3.24. The topological polar surface area (TPSA) is 90.5 Å². The van der Waals surface area contributed by atoms with Crippen molar-refractivity contribution < 1.29 is 14.7 Å². The summed E-state index contributed by atoms with van der Waals surface area (Å²) in [6.45, 7) is 5.69. The van der Waals surface area contributed by atoms with E-state index in [1.165, 1.54) is 11.3 Å². The predicted molar refractivity (Wildman–Crippen MR) is 108 cm³/mol. The molecular formula is C20H27N3O3S. The number of hydrogen-bond acceptors (Lipinski definition) is 5. The number of nitrogens with one attached hydrogen (secondary N) is 3. The molecule has 0 spiro atoms. The molecule has 0 radical (unpaired) electrons. The second-order valence-electron chi connectivity index (χ2n) is 7.53. The number of fused-ring (bicyclic) bond motifs is 1. The highest BCUT2D eigenvalue weighted by Crippen LogP contribution is 2.25. The van der Waals surface area contributed by atoms with E-state index < -0.39 is 12.1 Å². The molecule has 27 heavy (non-hydrogen) atoms. The fourth-order valence-electron chi connectivity index (χ4n) is 3.31. The molecule has 1 aliphatic rings. The van der Waals surface area contributed by atoms with Crippen molar-refractivity contribution in [1.82, 2.24) is 16.0 Å². The van der Waals surface area contributed by atoms with Crippen molar-refractivity contribution in [2.75, 3.05) is 19.6 Å². The standard InChI is InChI=1S/C20H27N3O3S/c1-12(2)7-15(19(25)22-10-14-9-21-11-16(14)24)23-20(26)18-8-13-5-3-4-6-17(13)27-18/h3-6,8,12,14-16,21,24H,7,9-11H2,1-2H3,(H,22,25)(H,23,26)/t14-,15+,16-/m1/s1. The normalized spacial score (nSPS) is 20.7. The molecule has 146 valence electrons. The minimum Gasteiger partial charge on any atom is -0.391 e. The third-order valence-corrected chi connectivity index (χ3v) is 5.94. The largest absolute Gasteiger partial charge is 0.391 e. The number of benzene rings is 1. The molecule has 1 fully saturated rings. The van der Waals surface area contributed by atoms with Crippen LogP contribution in [-0.2, 0) is 4.79 Å². The first kappa shape index (κ1) is 19.8. The van der Waals surface area contributed by atoms with Gasteiger partial charge in [-0.15, -0.1) is 11.3 Å². The number of hydrogen-bond donors (Lipinski definition) is 4. The first-order chi connectivity index (χ1) is 12.9. The van der Waals surface area contributed by atoms with Crippen LogP contribution in [0.2, 0.25) is 0 Å². The van der Waals surface area contributed by atoms with Gasteiger partial charge in [-0.05, 0) is 29.9 Å². The molecule has 1 aliphatic heterocycles. The molecule has 2 amide bonds. The van der Waals surface area contributed by atoms with E-state index in [9.17, 15) is 14.7 Å². The van der Waals surface area contributed by atoms with Gasteiger partial charge >= 0.3 is 0 Å². The smallest absolute Gasteiger partial charge is 0.262 e. The third kappa shape index (κ3) is 5.06. The highest BCUT2D eigenvalue weighted by Gasteiger charge is 2.28. The number of thiophene rings is 1. The minimum atomic E-state index is -0.589. The Bertz CT molecular complexity index is 772. The van der Waals surface area contributed by atoms with Gasteiger partial charge in [0.15, 0.2) is 0 Å². The molecule has 1 saturated heterocycles. The fraction of sp³-hybridized carbons (Fsp3) is 0.500. The molecule has 0 aliphatic carbocycles. The van der Waals surface area contributed by atoms with Crippen molar-refractivity contribution in [2.24, 2.45) is 11.8 Å². The summed E-state index contributed by atoms with van der Waals surface area (Å²) in [5, 5.41) is 19.8. The Labute approximate surface area is 163 Å². The van der Waals surface area contributed by atoms with E-state index in [1.807, 2.05) is 44.2 Å². The van der Waals surface area contributed by atoms with Crippen molar-refractivity contribution in [3.05, 3.63) is 35.2 Å². The van der Waals surface area contributed by atoms with E-state index in [4.69, 9.17) is 0 Å². The lowest BCUT2D eigenvalue weighted by Gasteiger charge is -2.21. The molecule has 3 atom stereocenters. The highest BCUT2D eigenvalue weighted by molar-refractivity contribution is 7.20. The molecule has 2 heterocycles. The maximum atomic E-state index is 12.7. The zero-order valence-electron chi connectivity index (χ0n) is 15.7. The van der Waals surface area contributed by atoms with E-state index in [0.717, 1.165) is 10.1 Å². The van der Waals surface area contributed by atoms with Gasteiger partial charge in [0.2, 0.25) is 5.91 Å². The maximum absolute atomic E-state index is 12.7. The summed E-state index contributed by atoms with van der Waals surface area (Å²) >= 11 is 1.43. The van der Waals surface area contributed by atoms with Crippen LogP contribution in [0.25, 0.3) is 10.1 Å².